The van der Waals surface area contributed by atoms with E-state index in [1.807, 2.05) is 0 Å². The molecule has 0 spiro atoms. The van der Waals surface area contributed by atoms with Crippen molar-refractivity contribution in [2.24, 2.45) is 0 Å². The van der Waals surface area contributed by atoms with Gasteiger partial charge in [0.2, 0.25) is 0 Å². The summed E-state index contributed by atoms with van der Waals surface area (Å²) in [5.74, 6) is 0.178. The molecule has 1 saturated heterocycles. The van der Waals surface area contributed by atoms with Crippen molar-refractivity contribution in [1.29, 1.82) is 0 Å². The fourth-order valence-corrected chi connectivity index (χ4v) is 2.01. The van der Waals surface area contributed by atoms with Crippen molar-refractivity contribution in [1.82, 2.24) is 5.32 Å². The highest BCUT2D eigenvalue weighted by molar-refractivity contribution is 5.59. The molecule has 16 heavy (non-hydrogen) atoms. The van der Waals surface area contributed by atoms with Crippen LogP contribution >= 0.6 is 0 Å². The number of nitrogens with zero attached hydrogens (tertiary/aromatic N) is 1. The van der Waals surface area contributed by atoms with Crippen LogP contribution in [0.4, 0.5) is 10.1 Å². The molecule has 0 aromatic heterocycles. The zero-order chi connectivity index (χ0) is 11.4. The molecule has 0 amide bonds. The zero-order valence-corrected chi connectivity index (χ0v) is 9.25. The molecule has 0 bridgehead atoms. The van der Waals surface area contributed by atoms with E-state index in [4.69, 9.17) is 0 Å². The minimum Gasteiger partial charge on any atom is -0.506 e. The van der Waals surface area contributed by atoms with Gasteiger partial charge in [-0.15, -0.1) is 0 Å². The zero-order valence-electron chi connectivity index (χ0n) is 9.25. The van der Waals surface area contributed by atoms with E-state index in [0.717, 1.165) is 38.3 Å². The van der Waals surface area contributed by atoms with E-state index in [0.29, 0.717) is 5.56 Å². The largest absolute Gasteiger partial charge is 0.506 e. The van der Waals surface area contributed by atoms with Gasteiger partial charge in [0.05, 0.1) is 5.69 Å². The number of rotatable bonds is 2. The third kappa shape index (κ3) is 2.44. The SMILES string of the molecule is Oc1cc(CF)ccc1N1CCCNCC1. The Kier molecular flexibility index (Phi) is 3.62. The van der Waals surface area contributed by atoms with Crippen LogP contribution in [0.2, 0.25) is 0 Å². The second-order valence-corrected chi connectivity index (χ2v) is 4.05. The molecule has 2 N–H and O–H groups in total. The molecule has 3 nitrogen and oxygen atoms in total. The van der Waals surface area contributed by atoms with Crippen LogP contribution < -0.4 is 10.2 Å². The molecule has 1 fully saturated rings. The number of hydrogen-bond acceptors (Lipinski definition) is 3. The van der Waals surface area contributed by atoms with Crippen molar-refractivity contribution < 1.29 is 9.50 Å². The Hall–Kier alpha value is -1.29. The van der Waals surface area contributed by atoms with E-state index in [9.17, 15) is 9.50 Å². The second kappa shape index (κ2) is 5.16. The summed E-state index contributed by atoms with van der Waals surface area (Å²) in [7, 11) is 0. The summed E-state index contributed by atoms with van der Waals surface area (Å²) in [6, 6.07) is 5.04. The van der Waals surface area contributed by atoms with Crippen molar-refractivity contribution in [3.05, 3.63) is 23.8 Å². The van der Waals surface area contributed by atoms with Gasteiger partial charge in [-0.3, -0.25) is 0 Å². The van der Waals surface area contributed by atoms with Crippen LogP contribution in [0.1, 0.15) is 12.0 Å². The molecule has 4 heteroatoms. The number of aromatic hydroxyl groups is 1. The summed E-state index contributed by atoms with van der Waals surface area (Å²) in [6.07, 6.45) is 1.06. The van der Waals surface area contributed by atoms with Crippen LogP contribution in [0, 0.1) is 0 Å². The topological polar surface area (TPSA) is 35.5 Å². The highest BCUT2D eigenvalue weighted by Gasteiger charge is 2.13. The average molecular weight is 224 g/mol. The van der Waals surface area contributed by atoms with E-state index in [1.54, 1.807) is 12.1 Å². The van der Waals surface area contributed by atoms with Crippen molar-refractivity contribution >= 4 is 5.69 Å². The van der Waals surface area contributed by atoms with E-state index in [2.05, 4.69) is 10.2 Å². The van der Waals surface area contributed by atoms with Gasteiger partial charge < -0.3 is 15.3 Å². The molecule has 1 aliphatic rings. The Morgan fingerprint density at radius 1 is 1.31 bits per heavy atom. The quantitative estimate of drug-likeness (QED) is 0.802. The van der Waals surface area contributed by atoms with Gasteiger partial charge in [0.15, 0.2) is 0 Å². The number of halogens is 1. The molecule has 0 radical (unpaired) electrons. The normalized spacial score (nSPS) is 17.2. The van der Waals surface area contributed by atoms with Gasteiger partial charge in [-0.25, -0.2) is 4.39 Å². The number of hydrogen-bond donors (Lipinski definition) is 2. The van der Waals surface area contributed by atoms with Crippen LogP contribution in [-0.4, -0.2) is 31.3 Å². The molecular weight excluding hydrogens is 207 g/mol. The molecule has 0 aliphatic carbocycles. The van der Waals surface area contributed by atoms with Crippen molar-refractivity contribution in [3.8, 4) is 5.75 Å². The van der Waals surface area contributed by atoms with E-state index in [1.165, 1.54) is 6.07 Å². The fraction of sp³-hybridized carbons (Fsp3) is 0.500. The summed E-state index contributed by atoms with van der Waals surface area (Å²) in [5, 5.41) is 13.1. The molecule has 0 atom stereocenters. The predicted molar refractivity (Wildman–Crippen MR) is 62.6 cm³/mol. The van der Waals surface area contributed by atoms with Gasteiger partial charge in [0, 0.05) is 19.6 Å². The Labute approximate surface area is 94.9 Å². The summed E-state index contributed by atoms with van der Waals surface area (Å²) >= 11 is 0. The van der Waals surface area contributed by atoms with Crippen LogP contribution in [0.3, 0.4) is 0 Å². The van der Waals surface area contributed by atoms with Gasteiger partial charge in [-0.05, 0) is 30.7 Å². The Morgan fingerprint density at radius 2 is 2.19 bits per heavy atom. The first-order chi connectivity index (χ1) is 7.81. The Morgan fingerprint density at radius 3 is 2.94 bits per heavy atom. The molecule has 1 aliphatic heterocycles. The minimum atomic E-state index is -0.532. The molecule has 0 unspecified atom stereocenters. The van der Waals surface area contributed by atoms with Crippen LogP contribution in [-0.2, 0) is 6.67 Å². The first kappa shape index (κ1) is 11.2. The van der Waals surface area contributed by atoms with Gasteiger partial charge in [-0.2, -0.15) is 0 Å². The minimum absolute atomic E-state index is 0.178. The van der Waals surface area contributed by atoms with Crippen molar-refractivity contribution in [2.75, 3.05) is 31.1 Å². The third-order valence-electron chi connectivity index (χ3n) is 2.87. The lowest BCUT2D eigenvalue weighted by Gasteiger charge is -2.23. The maximum Gasteiger partial charge on any atom is 0.139 e. The summed E-state index contributed by atoms with van der Waals surface area (Å²) < 4.78 is 12.4. The summed E-state index contributed by atoms with van der Waals surface area (Å²) in [4.78, 5) is 2.14. The Bertz CT molecular complexity index is 349. The second-order valence-electron chi connectivity index (χ2n) is 4.05. The lowest BCUT2D eigenvalue weighted by molar-refractivity contribution is 0.462. The number of alkyl halides is 1. The standard InChI is InChI=1S/C12H17FN2O/c13-9-10-2-3-11(12(16)8-10)15-6-1-4-14-5-7-15/h2-3,8,14,16H,1,4-7,9H2. The molecule has 0 saturated carbocycles. The third-order valence-corrected chi connectivity index (χ3v) is 2.87. The molecular formula is C12H17FN2O. The predicted octanol–water partition coefficient (Wildman–Crippen LogP) is 1.66. The lowest BCUT2D eigenvalue weighted by atomic mass is 10.2. The smallest absolute Gasteiger partial charge is 0.139 e. The van der Waals surface area contributed by atoms with Crippen LogP contribution in [0.15, 0.2) is 18.2 Å². The van der Waals surface area contributed by atoms with Gasteiger partial charge >= 0.3 is 0 Å². The van der Waals surface area contributed by atoms with Gasteiger partial charge in [0.25, 0.3) is 0 Å². The summed E-state index contributed by atoms with van der Waals surface area (Å²) in [6.45, 7) is 3.21. The molecule has 2 rings (SSSR count). The molecule has 1 aromatic rings. The van der Waals surface area contributed by atoms with E-state index >= 15 is 0 Å². The highest BCUT2D eigenvalue weighted by Crippen LogP contribution is 2.28. The lowest BCUT2D eigenvalue weighted by Crippen LogP contribution is -2.27. The van der Waals surface area contributed by atoms with Gasteiger partial charge in [0.1, 0.15) is 12.4 Å². The number of benzene rings is 1. The van der Waals surface area contributed by atoms with Gasteiger partial charge in [-0.1, -0.05) is 6.07 Å². The monoisotopic (exact) mass is 224 g/mol. The fourth-order valence-electron chi connectivity index (χ4n) is 2.01. The maximum absolute atomic E-state index is 12.4. The average Bonchev–Trinajstić information content (AvgIpc) is 2.57. The number of anilines is 1. The first-order valence-corrected chi connectivity index (χ1v) is 5.65. The maximum atomic E-state index is 12.4. The Balaban J connectivity index is 2.18. The van der Waals surface area contributed by atoms with Crippen LogP contribution in [0.5, 0.6) is 5.75 Å². The van der Waals surface area contributed by atoms with Crippen LogP contribution in [0.25, 0.3) is 0 Å². The molecule has 1 aromatic carbocycles. The highest BCUT2D eigenvalue weighted by atomic mass is 19.1. The molecule has 1 heterocycles. The first-order valence-electron chi connectivity index (χ1n) is 5.65. The van der Waals surface area contributed by atoms with Crippen molar-refractivity contribution in [3.63, 3.8) is 0 Å². The van der Waals surface area contributed by atoms with Crippen molar-refractivity contribution in [2.45, 2.75) is 13.1 Å². The number of phenols is 1. The molecule has 88 valence electrons. The number of phenolic OH excluding ortho intramolecular Hbond substituents is 1. The summed E-state index contributed by atoms with van der Waals surface area (Å²) in [5.41, 5.74) is 1.33. The number of nitrogens with one attached hydrogen (secondary N) is 1. The van der Waals surface area contributed by atoms with E-state index in [-0.39, 0.29) is 5.75 Å². The van der Waals surface area contributed by atoms with E-state index < -0.39 is 6.67 Å².